The van der Waals surface area contributed by atoms with Crippen molar-refractivity contribution in [2.45, 2.75) is 50.0 Å². The molecule has 7 rings (SSSR count). The van der Waals surface area contributed by atoms with Crippen LogP contribution in [0, 0.1) is 0 Å². The molecule has 3 aromatic heterocycles. The van der Waals surface area contributed by atoms with Gasteiger partial charge in [-0.25, -0.2) is 15.0 Å². The summed E-state index contributed by atoms with van der Waals surface area (Å²) < 4.78 is 6.02. The first kappa shape index (κ1) is 34.2. The van der Waals surface area contributed by atoms with Crippen molar-refractivity contribution >= 4 is 57.7 Å². The summed E-state index contributed by atoms with van der Waals surface area (Å²) in [6, 6.07) is 12.6. The Morgan fingerprint density at radius 1 is 0.706 bits per heavy atom. The van der Waals surface area contributed by atoms with Gasteiger partial charge in [-0.15, -0.1) is 22.7 Å². The van der Waals surface area contributed by atoms with Crippen LogP contribution in [0.4, 0.5) is 11.4 Å². The SMILES string of the molecule is O=C(Nc1ccc(-c2cnc(-c3ccc(NC(=O)[C@@H]4CCCN4C(=O)C(O)c4nccs4)cc3)o2)cc1)[C@@H]1CCCN1C(=O)C(O)c1nccs1. The molecule has 0 bridgehead atoms. The number of rotatable bonds is 10. The predicted molar refractivity (Wildman–Crippen MR) is 188 cm³/mol. The molecule has 0 saturated carbocycles. The smallest absolute Gasteiger partial charge is 0.259 e. The number of aromatic nitrogens is 3. The van der Waals surface area contributed by atoms with E-state index in [9.17, 15) is 29.4 Å². The summed E-state index contributed by atoms with van der Waals surface area (Å²) in [5.74, 6) is -0.860. The highest BCUT2D eigenvalue weighted by molar-refractivity contribution is 7.10. The van der Waals surface area contributed by atoms with Crippen molar-refractivity contribution in [3.8, 4) is 22.8 Å². The molecule has 2 aliphatic rings. The molecule has 2 aliphatic heterocycles. The summed E-state index contributed by atoms with van der Waals surface area (Å²) in [5.41, 5.74) is 2.49. The number of hydrogen-bond acceptors (Lipinski definition) is 12. The second kappa shape index (κ2) is 14.9. The van der Waals surface area contributed by atoms with E-state index < -0.39 is 36.1 Å². The van der Waals surface area contributed by atoms with Gasteiger partial charge in [0.15, 0.2) is 18.0 Å². The van der Waals surface area contributed by atoms with Gasteiger partial charge < -0.3 is 35.1 Å². The Morgan fingerprint density at radius 3 is 1.63 bits per heavy atom. The van der Waals surface area contributed by atoms with E-state index in [1.807, 2.05) is 0 Å². The van der Waals surface area contributed by atoms with Crippen molar-refractivity contribution in [1.82, 2.24) is 24.8 Å². The quantitative estimate of drug-likeness (QED) is 0.162. The van der Waals surface area contributed by atoms with Crippen molar-refractivity contribution in [1.29, 1.82) is 0 Å². The Hall–Kier alpha value is -5.29. The van der Waals surface area contributed by atoms with Gasteiger partial charge in [-0.3, -0.25) is 19.2 Å². The molecule has 2 aromatic carbocycles. The van der Waals surface area contributed by atoms with Gasteiger partial charge in [0.05, 0.1) is 6.20 Å². The molecule has 2 unspecified atom stereocenters. The average Bonchev–Trinajstić information content (AvgIpc) is 4.00. The normalized spacial score (nSPS) is 18.4. The van der Waals surface area contributed by atoms with Crippen LogP contribution in [0.25, 0.3) is 22.8 Å². The number of amides is 4. The third-order valence-electron chi connectivity index (χ3n) is 8.86. The number of hydrogen-bond donors (Lipinski definition) is 4. The summed E-state index contributed by atoms with van der Waals surface area (Å²) in [6.45, 7) is 0.760. The zero-order valence-corrected chi connectivity index (χ0v) is 28.7. The van der Waals surface area contributed by atoms with Crippen molar-refractivity contribution < 1.29 is 33.8 Å². The molecule has 51 heavy (non-hydrogen) atoms. The number of anilines is 2. The van der Waals surface area contributed by atoms with E-state index in [1.54, 1.807) is 65.5 Å². The lowest BCUT2D eigenvalue weighted by molar-refractivity contribution is -0.144. The highest BCUT2D eigenvalue weighted by Gasteiger charge is 2.39. The second-order valence-electron chi connectivity index (χ2n) is 12.1. The molecular formula is C35H33N7O7S2. The lowest BCUT2D eigenvalue weighted by atomic mass is 10.1. The van der Waals surface area contributed by atoms with Gasteiger partial charge in [0, 0.05) is 58.7 Å². The number of aliphatic hydroxyl groups is 2. The minimum Gasteiger partial charge on any atom is -0.436 e. The van der Waals surface area contributed by atoms with Crippen LogP contribution in [0.15, 0.2) is 82.3 Å². The Balaban J connectivity index is 0.940. The Kier molecular flexibility index (Phi) is 9.99. The summed E-state index contributed by atoms with van der Waals surface area (Å²) >= 11 is 2.37. The fourth-order valence-electron chi connectivity index (χ4n) is 6.28. The lowest BCUT2D eigenvalue weighted by Crippen LogP contribution is -2.45. The summed E-state index contributed by atoms with van der Waals surface area (Å²) in [4.78, 5) is 67.4. The van der Waals surface area contributed by atoms with E-state index in [0.717, 1.165) is 5.56 Å². The largest absolute Gasteiger partial charge is 0.436 e. The predicted octanol–water partition coefficient (Wildman–Crippen LogP) is 4.25. The van der Waals surface area contributed by atoms with Crippen LogP contribution in [0.1, 0.15) is 47.9 Å². The Bertz CT molecular complexity index is 1860. The van der Waals surface area contributed by atoms with E-state index in [-0.39, 0.29) is 11.8 Å². The molecule has 0 radical (unpaired) electrons. The molecule has 16 heteroatoms. The molecule has 5 heterocycles. The van der Waals surface area contributed by atoms with Crippen LogP contribution >= 0.6 is 22.7 Å². The van der Waals surface area contributed by atoms with Crippen LogP contribution in [0.3, 0.4) is 0 Å². The number of carbonyl (C=O) groups is 4. The molecule has 0 aliphatic carbocycles. The number of benzene rings is 2. The van der Waals surface area contributed by atoms with Crippen LogP contribution < -0.4 is 10.6 Å². The van der Waals surface area contributed by atoms with Crippen LogP contribution in [-0.4, -0.2) is 83.8 Å². The summed E-state index contributed by atoms with van der Waals surface area (Å²) in [6.07, 6.45) is 4.13. The first-order valence-corrected chi connectivity index (χ1v) is 18.1. The highest BCUT2D eigenvalue weighted by Crippen LogP contribution is 2.30. The van der Waals surface area contributed by atoms with Gasteiger partial charge in [0.25, 0.3) is 11.8 Å². The zero-order chi connectivity index (χ0) is 35.5. The highest BCUT2D eigenvalue weighted by atomic mass is 32.1. The van der Waals surface area contributed by atoms with Gasteiger partial charge in [0.1, 0.15) is 22.1 Å². The number of carbonyl (C=O) groups excluding carboxylic acids is 4. The third kappa shape index (κ3) is 7.30. The van der Waals surface area contributed by atoms with Crippen molar-refractivity contribution in [2.24, 2.45) is 0 Å². The molecule has 4 amide bonds. The standard InChI is InChI=1S/C35H33N7O7S2/c43-27(32-36-13-17-50-32)34(47)41-15-1-3-24(41)29(45)39-22-9-5-20(6-10-22)26-19-38-31(49-26)21-7-11-23(12-8-21)40-30(46)25-4-2-16-42(25)35(48)28(44)33-37-14-18-51-33/h5-14,17-19,24-25,27-28,43-44H,1-4,15-16H2,(H,39,45)(H,40,46)/t24-,25-,27?,28?/m0/s1. The molecule has 5 aromatic rings. The van der Waals surface area contributed by atoms with Crippen LogP contribution in [0.2, 0.25) is 0 Å². The summed E-state index contributed by atoms with van der Waals surface area (Å²) in [5, 5.41) is 30.6. The van der Waals surface area contributed by atoms with Crippen molar-refractivity contribution in [3.63, 3.8) is 0 Å². The van der Waals surface area contributed by atoms with Crippen molar-refractivity contribution in [2.75, 3.05) is 23.7 Å². The fourth-order valence-corrected chi connectivity index (χ4v) is 7.50. The van der Waals surface area contributed by atoms with E-state index in [0.29, 0.717) is 77.4 Å². The Labute approximate surface area is 299 Å². The first-order valence-electron chi connectivity index (χ1n) is 16.3. The molecule has 0 spiro atoms. The molecule has 14 nitrogen and oxygen atoms in total. The van der Waals surface area contributed by atoms with Crippen molar-refractivity contribution in [3.05, 3.63) is 87.9 Å². The van der Waals surface area contributed by atoms with Crippen LogP contribution in [0.5, 0.6) is 0 Å². The van der Waals surface area contributed by atoms with E-state index in [4.69, 9.17) is 4.42 Å². The Morgan fingerprint density at radius 2 is 1.18 bits per heavy atom. The minimum absolute atomic E-state index is 0.296. The van der Waals surface area contributed by atoms with Gasteiger partial charge >= 0.3 is 0 Å². The maximum atomic E-state index is 13.1. The zero-order valence-electron chi connectivity index (χ0n) is 27.0. The second-order valence-corrected chi connectivity index (χ2v) is 13.9. The molecule has 4 atom stereocenters. The van der Waals surface area contributed by atoms with Gasteiger partial charge in [-0.05, 0) is 74.2 Å². The lowest BCUT2D eigenvalue weighted by Gasteiger charge is -2.25. The van der Waals surface area contributed by atoms with E-state index in [2.05, 4.69) is 25.6 Å². The number of thiazole rings is 2. The van der Waals surface area contributed by atoms with E-state index in [1.165, 1.54) is 44.9 Å². The maximum absolute atomic E-state index is 13.1. The van der Waals surface area contributed by atoms with Gasteiger partial charge in [0.2, 0.25) is 17.7 Å². The molecule has 4 N–H and O–H groups in total. The number of aliphatic hydroxyl groups excluding tert-OH is 2. The summed E-state index contributed by atoms with van der Waals surface area (Å²) in [7, 11) is 0. The monoisotopic (exact) mass is 727 g/mol. The minimum atomic E-state index is -1.40. The molecule has 2 fully saturated rings. The number of nitrogens with zero attached hydrogens (tertiary/aromatic N) is 5. The van der Waals surface area contributed by atoms with E-state index >= 15 is 0 Å². The van der Waals surface area contributed by atoms with Gasteiger partial charge in [-0.1, -0.05) is 0 Å². The molecule has 2 saturated heterocycles. The van der Waals surface area contributed by atoms with Gasteiger partial charge in [-0.2, -0.15) is 0 Å². The third-order valence-corrected chi connectivity index (χ3v) is 10.5. The number of oxazole rings is 1. The molecular weight excluding hydrogens is 695 g/mol. The van der Waals surface area contributed by atoms with Crippen LogP contribution in [-0.2, 0) is 19.2 Å². The first-order chi connectivity index (χ1) is 24.8. The average molecular weight is 728 g/mol. The number of nitrogens with one attached hydrogen (secondary N) is 2. The fraction of sp³-hybridized carbons (Fsp3) is 0.286. The molecule has 262 valence electrons. The number of likely N-dealkylation sites (tertiary alicyclic amines) is 2. The topological polar surface area (TPSA) is 191 Å². The maximum Gasteiger partial charge on any atom is 0.259 e.